The van der Waals surface area contributed by atoms with Gasteiger partial charge in [0.25, 0.3) is 0 Å². The number of carboxylic acids is 1. The number of carboxylic acid groups (broad SMARTS) is 1. The molecule has 1 rings (SSSR count). The van der Waals surface area contributed by atoms with Crippen LogP contribution in [0.25, 0.3) is 0 Å². The molecule has 108 valence electrons. The Morgan fingerprint density at radius 3 is 2.53 bits per heavy atom. The van der Waals surface area contributed by atoms with Gasteiger partial charge < -0.3 is 9.52 Å². The normalized spacial score (nSPS) is 11.7. The molecule has 0 unspecified atom stereocenters. The molecule has 0 bridgehead atoms. The molecular weight excluding hydrogens is 244 g/mol. The third kappa shape index (κ3) is 6.36. The maximum Gasteiger partial charge on any atom is 0.303 e. The van der Waals surface area contributed by atoms with Gasteiger partial charge in [-0.05, 0) is 11.8 Å². The Balaban J connectivity index is 2.43. The van der Waals surface area contributed by atoms with Crippen molar-refractivity contribution in [3.05, 3.63) is 11.8 Å². The zero-order valence-electron chi connectivity index (χ0n) is 12.1. The molecule has 0 spiro atoms. The van der Waals surface area contributed by atoms with E-state index >= 15 is 0 Å². The summed E-state index contributed by atoms with van der Waals surface area (Å²) in [6.07, 6.45) is 6.09. The largest absolute Gasteiger partial charge is 0.481 e. The summed E-state index contributed by atoms with van der Waals surface area (Å²) in [7, 11) is 0. The average molecular weight is 268 g/mol. The smallest absolute Gasteiger partial charge is 0.303 e. The molecule has 19 heavy (non-hydrogen) atoms. The second kappa shape index (κ2) is 7.26. The number of nitrogens with zero attached hydrogens (tertiary/aromatic N) is 2. The van der Waals surface area contributed by atoms with Crippen LogP contribution in [0, 0.1) is 5.41 Å². The molecule has 0 aromatic carbocycles. The van der Waals surface area contributed by atoms with Crippen molar-refractivity contribution >= 4 is 5.97 Å². The van der Waals surface area contributed by atoms with E-state index in [0.717, 1.165) is 12.8 Å². The molecular formula is C14H24N2O3. The zero-order chi connectivity index (χ0) is 14.3. The Morgan fingerprint density at radius 2 is 1.89 bits per heavy atom. The third-order valence-electron chi connectivity index (χ3n) is 3.01. The second-order valence-corrected chi connectivity index (χ2v) is 5.81. The van der Waals surface area contributed by atoms with E-state index in [-0.39, 0.29) is 11.8 Å². The fraction of sp³-hybridized carbons (Fsp3) is 0.786. The molecule has 0 saturated heterocycles. The van der Waals surface area contributed by atoms with Crippen molar-refractivity contribution in [2.75, 3.05) is 0 Å². The lowest BCUT2D eigenvalue weighted by molar-refractivity contribution is -0.139. The van der Waals surface area contributed by atoms with E-state index < -0.39 is 5.97 Å². The molecule has 1 N–H and O–H groups in total. The lowest BCUT2D eigenvalue weighted by Gasteiger charge is -2.19. The molecule has 0 aliphatic rings. The van der Waals surface area contributed by atoms with Gasteiger partial charge in [0.2, 0.25) is 11.8 Å². The summed E-state index contributed by atoms with van der Waals surface area (Å²) in [5.74, 6) is 0.401. The van der Waals surface area contributed by atoms with Crippen molar-refractivity contribution in [3.8, 4) is 0 Å². The second-order valence-electron chi connectivity index (χ2n) is 5.81. The highest BCUT2D eigenvalue weighted by molar-refractivity contribution is 5.67. The number of hydrogen-bond donors (Lipinski definition) is 1. The Bertz CT molecular complexity index is 399. The number of rotatable bonds is 9. The Kier molecular flexibility index (Phi) is 5.99. The molecule has 1 aromatic rings. The summed E-state index contributed by atoms with van der Waals surface area (Å²) in [5, 5.41) is 16.8. The number of aromatic nitrogens is 2. The van der Waals surface area contributed by atoms with Crippen molar-refractivity contribution in [3.63, 3.8) is 0 Å². The molecule has 0 aliphatic heterocycles. The fourth-order valence-corrected chi connectivity index (χ4v) is 2.05. The minimum atomic E-state index is -0.802. The number of aliphatic carboxylic acids is 1. The van der Waals surface area contributed by atoms with Crippen LogP contribution in [-0.2, 0) is 17.6 Å². The van der Waals surface area contributed by atoms with Crippen molar-refractivity contribution < 1.29 is 14.3 Å². The van der Waals surface area contributed by atoms with E-state index in [1.54, 1.807) is 0 Å². The zero-order valence-corrected chi connectivity index (χ0v) is 12.1. The molecule has 1 aromatic heterocycles. The van der Waals surface area contributed by atoms with E-state index in [9.17, 15) is 4.79 Å². The predicted octanol–water partition coefficient (Wildman–Crippen LogP) is 3.24. The summed E-state index contributed by atoms with van der Waals surface area (Å²) < 4.78 is 5.57. The van der Waals surface area contributed by atoms with Gasteiger partial charge in [-0.3, -0.25) is 4.79 Å². The maximum atomic E-state index is 10.7. The quantitative estimate of drug-likeness (QED) is 0.696. The van der Waals surface area contributed by atoms with Crippen LogP contribution in [0.5, 0.6) is 0 Å². The van der Waals surface area contributed by atoms with Crippen LogP contribution in [0.3, 0.4) is 0 Å². The van der Waals surface area contributed by atoms with Crippen LogP contribution < -0.4 is 0 Å². The van der Waals surface area contributed by atoms with E-state index in [4.69, 9.17) is 9.52 Å². The molecule has 0 radical (unpaired) electrons. The van der Waals surface area contributed by atoms with Gasteiger partial charge in [-0.25, -0.2) is 0 Å². The predicted molar refractivity (Wildman–Crippen MR) is 71.9 cm³/mol. The van der Waals surface area contributed by atoms with Gasteiger partial charge >= 0.3 is 5.97 Å². The van der Waals surface area contributed by atoms with Gasteiger partial charge in [-0.2, -0.15) is 0 Å². The van der Waals surface area contributed by atoms with E-state index in [1.165, 1.54) is 19.3 Å². The van der Waals surface area contributed by atoms with E-state index in [1.807, 2.05) is 13.8 Å². The van der Waals surface area contributed by atoms with Crippen LogP contribution >= 0.6 is 0 Å². The first-order valence-electron chi connectivity index (χ1n) is 6.96. The topological polar surface area (TPSA) is 76.2 Å². The molecule has 0 atom stereocenters. The minimum absolute atomic E-state index is 0.0984. The maximum absolute atomic E-state index is 10.7. The third-order valence-corrected chi connectivity index (χ3v) is 3.01. The first-order valence-corrected chi connectivity index (χ1v) is 6.96. The molecule has 0 fully saturated rings. The number of unbranched alkanes of at least 4 members (excludes halogenated alkanes) is 3. The Labute approximate surface area is 114 Å². The highest BCUT2D eigenvalue weighted by Crippen LogP contribution is 2.25. The summed E-state index contributed by atoms with van der Waals surface area (Å²) in [6.45, 7) is 5.97. The fourth-order valence-electron chi connectivity index (χ4n) is 2.05. The Hall–Kier alpha value is -1.39. The van der Waals surface area contributed by atoms with Gasteiger partial charge in [0.1, 0.15) is 0 Å². The van der Waals surface area contributed by atoms with Crippen LogP contribution in [0.1, 0.15) is 64.7 Å². The first kappa shape index (κ1) is 15.7. The molecule has 0 saturated carbocycles. The highest BCUT2D eigenvalue weighted by atomic mass is 16.4. The van der Waals surface area contributed by atoms with Crippen molar-refractivity contribution in [1.82, 2.24) is 10.2 Å². The monoisotopic (exact) mass is 268 g/mol. The van der Waals surface area contributed by atoms with Gasteiger partial charge in [-0.1, -0.05) is 40.0 Å². The summed E-state index contributed by atoms with van der Waals surface area (Å²) in [5.41, 5.74) is -0.363. The standard InChI is InChI=1S/C14H24N2O3/c1-4-5-6-7-8-11-15-16-12(19-11)9-14(2,3)10-13(17)18/h4-10H2,1-3H3,(H,17,18). The SMILES string of the molecule is CCCCCCc1nnc(CC(C)(C)CC(=O)O)o1. The Morgan fingerprint density at radius 1 is 1.21 bits per heavy atom. The summed E-state index contributed by atoms with van der Waals surface area (Å²) >= 11 is 0. The van der Waals surface area contributed by atoms with Crippen LogP contribution in [-0.4, -0.2) is 21.3 Å². The van der Waals surface area contributed by atoms with Gasteiger partial charge in [0.05, 0.1) is 6.42 Å². The average Bonchev–Trinajstić information content (AvgIpc) is 2.69. The summed E-state index contributed by atoms with van der Waals surface area (Å²) in [4.78, 5) is 10.7. The van der Waals surface area contributed by atoms with Crippen LogP contribution in [0.15, 0.2) is 4.42 Å². The first-order chi connectivity index (χ1) is 8.93. The molecule has 0 aliphatic carbocycles. The molecule has 0 amide bonds. The van der Waals surface area contributed by atoms with Gasteiger partial charge in [-0.15, -0.1) is 10.2 Å². The number of aryl methyl sites for hydroxylation is 1. The van der Waals surface area contributed by atoms with Crippen molar-refractivity contribution in [1.29, 1.82) is 0 Å². The van der Waals surface area contributed by atoms with E-state index in [0.29, 0.717) is 18.2 Å². The van der Waals surface area contributed by atoms with E-state index in [2.05, 4.69) is 17.1 Å². The lowest BCUT2D eigenvalue weighted by atomic mass is 9.86. The van der Waals surface area contributed by atoms with Crippen LogP contribution in [0.4, 0.5) is 0 Å². The van der Waals surface area contributed by atoms with Crippen LogP contribution in [0.2, 0.25) is 0 Å². The summed E-state index contributed by atoms with van der Waals surface area (Å²) in [6, 6.07) is 0. The van der Waals surface area contributed by atoms with Crippen molar-refractivity contribution in [2.45, 2.75) is 65.7 Å². The number of carbonyl (C=O) groups is 1. The lowest BCUT2D eigenvalue weighted by Crippen LogP contribution is -2.19. The van der Waals surface area contributed by atoms with Gasteiger partial charge in [0.15, 0.2) is 0 Å². The van der Waals surface area contributed by atoms with Gasteiger partial charge in [0, 0.05) is 12.8 Å². The van der Waals surface area contributed by atoms with Crippen molar-refractivity contribution in [2.24, 2.45) is 5.41 Å². The molecule has 5 heteroatoms. The highest BCUT2D eigenvalue weighted by Gasteiger charge is 2.25. The number of hydrogen-bond acceptors (Lipinski definition) is 4. The minimum Gasteiger partial charge on any atom is -0.481 e. The molecule has 1 heterocycles. The molecule has 5 nitrogen and oxygen atoms in total.